The molecule has 3 atom stereocenters. The van der Waals surface area contributed by atoms with E-state index in [2.05, 4.69) is 4.90 Å². The summed E-state index contributed by atoms with van der Waals surface area (Å²) in [7, 11) is 0. The van der Waals surface area contributed by atoms with Crippen LogP contribution in [0.25, 0.3) is 0 Å². The molecule has 1 aromatic rings. The molecular formula is C20H24F4N2O5. The van der Waals surface area contributed by atoms with Crippen molar-refractivity contribution < 1.29 is 41.8 Å². The SMILES string of the molecule is O=C(O)C(F)(F)F.O=C([C@H]1CN(Cc2ccc(F)cc2)C[C@H]2OCC[C@@H]12)N1CCCO1. The number of carbonyl (C=O) groups excluding carboxylic acids is 1. The molecule has 11 heteroatoms. The molecule has 0 bridgehead atoms. The summed E-state index contributed by atoms with van der Waals surface area (Å²) in [5.41, 5.74) is 1.05. The first-order valence-corrected chi connectivity index (χ1v) is 9.98. The third-order valence-corrected chi connectivity index (χ3v) is 5.55. The summed E-state index contributed by atoms with van der Waals surface area (Å²) in [5.74, 6) is -2.68. The number of benzene rings is 1. The van der Waals surface area contributed by atoms with Gasteiger partial charge in [0, 0.05) is 32.2 Å². The number of halogens is 4. The lowest BCUT2D eigenvalue weighted by molar-refractivity contribution is -0.192. The Morgan fingerprint density at radius 1 is 1.13 bits per heavy atom. The van der Waals surface area contributed by atoms with Crippen LogP contribution in [0.4, 0.5) is 17.6 Å². The number of ether oxygens (including phenoxy) is 1. The molecule has 1 aromatic carbocycles. The van der Waals surface area contributed by atoms with Crippen LogP contribution in [0.15, 0.2) is 24.3 Å². The van der Waals surface area contributed by atoms with Gasteiger partial charge in [0.25, 0.3) is 5.91 Å². The summed E-state index contributed by atoms with van der Waals surface area (Å²) >= 11 is 0. The zero-order valence-electron chi connectivity index (χ0n) is 16.7. The van der Waals surface area contributed by atoms with Crippen LogP contribution in [0.1, 0.15) is 18.4 Å². The van der Waals surface area contributed by atoms with E-state index in [4.69, 9.17) is 19.5 Å². The van der Waals surface area contributed by atoms with E-state index in [0.29, 0.717) is 26.2 Å². The molecule has 3 saturated heterocycles. The lowest BCUT2D eigenvalue weighted by Gasteiger charge is -2.40. The van der Waals surface area contributed by atoms with E-state index < -0.39 is 12.1 Å². The van der Waals surface area contributed by atoms with Crippen molar-refractivity contribution in [2.45, 2.75) is 31.7 Å². The first-order valence-electron chi connectivity index (χ1n) is 9.98. The predicted octanol–water partition coefficient (Wildman–Crippen LogP) is 2.46. The highest BCUT2D eigenvalue weighted by Gasteiger charge is 2.45. The van der Waals surface area contributed by atoms with E-state index >= 15 is 0 Å². The zero-order chi connectivity index (χ0) is 22.6. The van der Waals surface area contributed by atoms with Crippen LogP contribution >= 0.6 is 0 Å². The maximum atomic E-state index is 13.1. The van der Waals surface area contributed by atoms with Gasteiger partial charge in [-0.25, -0.2) is 14.2 Å². The van der Waals surface area contributed by atoms with E-state index in [1.165, 1.54) is 12.1 Å². The van der Waals surface area contributed by atoms with Crippen molar-refractivity contribution >= 4 is 11.9 Å². The average Bonchev–Trinajstić information content (AvgIpc) is 3.40. The number of aliphatic carboxylic acids is 1. The van der Waals surface area contributed by atoms with Gasteiger partial charge in [0.05, 0.1) is 25.2 Å². The Balaban J connectivity index is 0.000000339. The number of hydrogen-bond acceptors (Lipinski definition) is 5. The smallest absolute Gasteiger partial charge is 0.475 e. The highest BCUT2D eigenvalue weighted by molar-refractivity contribution is 5.79. The molecule has 172 valence electrons. The minimum atomic E-state index is -5.08. The molecule has 31 heavy (non-hydrogen) atoms. The van der Waals surface area contributed by atoms with Gasteiger partial charge in [-0.15, -0.1) is 0 Å². The van der Waals surface area contributed by atoms with Crippen LogP contribution in [-0.2, 0) is 25.7 Å². The van der Waals surface area contributed by atoms with Crippen molar-refractivity contribution in [2.24, 2.45) is 11.8 Å². The maximum Gasteiger partial charge on any atom is 0.490 e. The van der Waals surface area contributed by atoms with Crippen LogP contribution in [0, 0.1) is 17.7 Å². The Labute approximate surface area is 176 Å². The number of hydrogen-bond donors (Lipinski definition) is 1. The Morgan fingerprint density at radius 2 is 1.81 bits per heavy atom. The second kappa shape index (κ2) is 9.92. The van der Waals surface area contributed by atoms with Crippen LogP contribution < -0.4 is 0 Å². The summed E-state index contributed by atoms with van der Waals surface area (Å²) in [4.78, 5) is 29.5. The summed E-state index contributed by atoms with van der Waals surface area (Å²) in [5, 5.41) is 8.67. The fourth-order valence-electron chi connectivity index (χ4n) is 4.10. The van der Waals surface area contributed by atoms with Crippen LogP contribution in [-0.4, -0.2) is 72.1 Å². The fourth-order valence-corrected chi connectivity index (χ4v) is 4.10. The first-order chi connectivity index (χ1) is 14.6. The number of carbonyl (C=O) groups is 2. The molecule has 3 aliphatic heterocycles. The van der Waals surface area contributed by atoms with Gasteiger partial charge < -0.3 is 9.84 Å². The first kappa shape index (κ1) is 23.4. The molecule has 3 aliphatic rings. The van der Waals surface area contributed by atoms with E-state index in [1.54, 1.807) is 17.2 Å². The minimum Gasteiger partial charge on any atom is -0.475 e. The Bertz CT molecular complexity index is 768. The third-order valence-electron chi connectivity index (χ3n) is 5.55. The summed E-state index contributed by atoms with van der Waals surface area (Å²) in [6, 6.07) is 6.57. The third kappa shape index (κ3) is 6.14. The van der Waals surface area contributed by atoms with E-state index in [9.17, 15) is 22.4 Å². The number of carboxylic acid groups (broad SMARTS) is 1. The number of piperidine rings is 1. The molecule has 1 amide bonds. The van der Waals surface area contributed by atoms with Crippen molar-refractivity contribution in [2.75, 3.05) is 32.8 Å². The molecule has 3 fully saturated rings. The van der Waals surface area contributed by atoms with Gasteiger partial charge in [0.1, 0.15) is 5.82 Å². The summed E-state index contributed by atoms with van der Waals surface area (Å²) < 4.78 is 50.7. The standard InChI is InChI=1S/C18H23FN2O3.C2HF3O2/c19-14-4-2-13(3-5-14)10-20-11-16(15-6-9-23-17(15)12-20)18(22)21-7-1-8-24-21;3-2(4,5)1(6)7/h2-5,15-17H,1,6-12H2;(H,6,7)/t15-,16-,17+;/m0./s1. The molecule has 0 aliphatic carbocycles. The Kier molecular flexibility index (Phi) is 7.50. The normalized spacial score (nSPS) is 26.2. The number of nitrogens with zero attached hydrogens (tertiary/aromatic N) is 2. The largest absolute Gasteiger partial charge is 0.490 e. The number of likely N-dealkylation sites (tertiary alicyclic amines) is 1. The number of amides is 1. The zero-order valence-corrected chi connectivity index (χ0v) is 16.7. The highest BCUT2D eigenvalue weighted by atomic mass is 19.4. The number of carboxylic acids is 1. The molecule has 0 spiro atoms. The Morgan fingerprint density at radius 3 is 2.39 bits per heavy atom. The molecule has 0 saturated carbocycles. The number of fused-ring (bicyclic) bond motifs is 1. The summed E-state index contributed by atoms with van der Waals surface area (Å²) in [6.45, 7) is 4.28. The number of rotatable bonds is 3. The molecule has 4 rings (SSSR count). The molecule has 7 nitrogen and oxygen atoms in total. The van der Waals surface area contributed by atoms with Gasteiger partial charge in [-0.2, -0.15) is 13.2 Å². The van der Waals surface area contributed by atoms with Gasteiger partial charge in [0.15, 0.2) is 0 Å². The second-order valence-corrected chi connectivity index (χ2v) is 7.72. The van der Waals surface area contributed by atoms with E-state index in [1.807, 2.05) is 0 Å². The maximum absolute atomic E-state index is 13.1. The quantitative estimate of drug-likeness (QED) is 0.716. The monoisotopic (exact) mass is 448 g/mol. The van der Waals surface area contributed by atoms with Gasteiger partial charge in [-0.3, -0.25) is 14.5 Å². The van der Waals surface area contributed by atoms with Gasteiger partial charge in [0.2, 0.25) is 0 Å². The van der Waals surface area contributed by atoms with Crippen LogP contribution in [0.3, 0.4) is 0 Å². The van der Waals surface area contributed by atoms with Crippen molar-refractivity contribution in [3.8, 4) is 0 Å². The summed E-state index contributed by atoms with van der Waals surface area (Å²) in [6.07, 6.45) is -3.13. The van der Waals surface area contributed by atoms with Crippen molar-refractivity contribution in [3.05, 3.63) is 35.6 Å². The van der Waals surface area contributed by atoms with Crippen molar-refractivity contribution in [1.82, 2.24) is 9.96 Å². The molecule has 1 N–H and O–H groups in total. The van der Waals surface area contributed by atoms with Crippen molar-refractivity contribution in [3.63, 3.8) is 0 Å². The van der Waals surface area contributed by atoms with Gasteiger partial charge in [-0.05, 0) is 30.5 Å². The number of hydroxylamine groups is 2. The topological polar surface area (TPSA) is 79.3 Å². The lowest BCUT2D eigenvalue weighted by atomic mass is 9.82. The van der Waals surface area contributed by atoms with Crippen molar-refractivity contribution in [1.29, 1.82) is 0 Å². The Hall–Kier alpha value is -2.24. The molecule has 0 aromatic heterocycles. The van der Waals surface area contributed by atoms with Crippen LogP contribution in [0.5, 0.6) is 0 Å². The fraction of sp³-hybridized carbons (Fsp3) is 0.600. The van der Waals surface area contributed by atoms with Crippen LogP contribution in [0.2, 0.25) is 0 Å². The molecule has 0 radical (unpaired) electrons. The van der Waals surface area contributed by atoms with Gasteiger partial charge in [-0.1, -0.05) is 12.1 Å². The lowest BCUT2D eigenvalue weighted by Crippen LogP contribution is -2.52. The molecular weight excluding hydrogens is 424 g/mol. The van der Waals surface area contributed by atoms with E-state index in [-0.39, 0.29) is 29.7 Å². The average molecular weight is 448 g/mol. The van der Waals surface area contributed by atoms with E-state index in [0.717, 1.165) is 31.6 Å². The number of alkyl halides is 3. The molecule has 3 heterocycles. The minimum absolute atomic E-state index is 0.0789. The molecule has 0 unspecified atom stereocenters. The highest BCUT2D eigenvalue weighted by Crippen LogP contribution is 2.35. The van der Waals surface area contributed by atoms with Gasteiger partial charge >= 0.3 is 12.1 Å². The predicted molar refractivity (Wildman–Crippen MR) is 99.0 cm³/mol. The second-order valence-electron chi connectivity index (χ2n) is 7.72.